The smallest absolute Gasteiger partial charge is 0.342 e. The quantitative estimate of drug-likeness (QED) is 0.657. The molecule has 0 amide bonds. The Morgan fingerprint density at radius 2 is 2.08 bits per heavy atom. The van der Waals surface area contributed by atoms with Gasteiger partial charge in [-0.1, -0.05) is 17.7 Å². The van der Waals surface area contributed by atoms with Gasteiger partial charge in [0, 0.05) is 6.07 Å². The molecule has 2 aromatic rings. The molecular weight excluding hydrogens is 425 g/mol. The molecule has 0 saturated carbocycles. The third-order valence-corrected chi connectivity index (χ3v) is 4.94. The van der Waals surface area contributed by atoms with Crippen LogP contribution >= 0.6 is 27.5 Å². The topological polar surface area (TPSA) is 76.4 Å². The van der Waals surface area contributed by atoms with Crippen LogP contribution in [0, 0.1) is 17.1 Å². The van der Waals surface area contributed by atoms with Crippen molar-refractivity contribution < 1.29 is 21.7 Å². The first-order valence-corrected chi connectivity index (χ1v) is 9.13. The molecule has 0 bridgehead atoms. The largest absolute Gasteiger partial charge is 0.490 e. The first-order chi connectivity index (χ1) is 11.3. The average molecular weight is 435 g/mol. The average Bonchev–Trinajstić information content (AvgIpc) is 2.53. The number of halogens is 3. The lowest BCUT2D eigenvalue weighted by molar-refractivity contribution is 0.326. The molecule has 0 aromatic heterocycles. The third kappa shape index (κ3) is 3.80. The summed E-state index contributed by atoms with van der Waals surface area (Å²) >= 11 is 8.74. The molecule has 0 heterocycles. The molecule has 0 unspecified atom stereocenters. The van der Waals surface area contributed by atoms with E-state index in [1.54, 1.807) is 6.92 Å². The minimum Gasteiger partial charge on any atom is -0.490 e. The lowest BCUT2D eigenvalue weighted by Gasteiger charge is -2.14. The van der Waals surface area contributed by atoms with E-state index in [2.05, 4.69) is 15.9 Å². The van der Waals surface area contributed by atoms with Crippen molar-refractivity contribution in [3.05, 3.63) is 51.2 Å². The molecule has 0 fully saturated rings. The Morgan fingerprint density at radius 3 is 2.71 bits per heavy atom. The van der Waals surface area contributed by atoms with E-state index < -0.39 is 20.8 Å². The minimum atomic E-state index is -4.50. The molecule has 9 heteroatoms. The van der Waals surface area contributed by atoms with Gasteiger partial charge in [-0.05, 0) is 41.1 Å². The van der Waals surface area contributed by atoms with Gasteiger partial charge in [0.25, 0.3) is 0 Å². The highest BCUT2D eigenvalue weighted by Crippen LogP contribution is 2.39. The number of nitriles is 1. The first kappa shape index (κ1) is 18.5. The zero-order valence-corrected chi connectivity index (χ0v) is 15.4. The molecule has 2 rings (SSSR count). The molecular formula is C15H10BrClFNO4S. The van der Waals surface area contributed by atoms with Crippen LogP contribution in [-0.2, 0) is 10.1 Å². The van der Waals surface area contributed by atoms with Crippen LogP contribution in [0.4, 0.5) is 4.39 Å². The van der Waals surface area contributed by atoms with Gasteiger partial charge >= 0.3 is 10.1 Å². The number of benzene rings is 2. The van der Waals surface area contributed by atoms with E-state index in [-0.39, 0.29) is 33.2 Å². The molecule has 0 saturated heterocycles. The monoisotopic (exact) mass is 433 g/mol. The maximum Gasteiger partial charge on any atom is 0.342 e. The van der Waals surface area contributed by atoms with Gasteiger partial charge in [0.15, 0.2) is 17.3 Å². The van der Waals surface area contributed by atoms with Crippen molar-refractivity contribution in [3.8, 4) is 17.6 Å². The van der Waals surface area contributed by atoms with E-state index in [0.29, 0.717) is 0 Å². The molecule has 0 radical (unpaired) electrons. The van der Waals surface area contributed by atoms with Crippen molar-refractivity contribution in [1.82, 2.24) is 0 Å². The van der Waals surface area contributed by atoms with E-state index in [1.807, 2.05) is 6.07 Å². The van der Waals surface area contributed by atoms with Gasteiger partial charge < -0.3 is 8.92 Å². The molecule has 5 nitrogen and oxygen atoms in total. The predicted octanol–water partition coefficient (Wildman–Crippen LogP) is 4.28. The molecule has 126 valence electrons. The molecule has 0 atom stereocenters. The highest BCUT2D eigenvalue weighted by molar-refractivity contribution is 9.10. The van der Waals surface area contributed by atoms with E-state index in [9.17, 15) is 12.8 Å². The number of rotatable bonds is 5. The Balaban J connectivity index is 2.54. The molecule has 0 spiro atoms. The Bertz CT molecular complexity index is 928. The van der Waals surface area contributed by atoms with Crippen molar-refractivity contribution in [2.24, 2.45) is 0 Å². The van der Waals surface area contributed by atoms with Gasteiger partial charge in [0.1, 0.15) is 4.90 Å². The summed E-state index contributed by atoms with van der Waals surface area (Å²) in [5, 5.41) is 8.63. The van der Waals surface area contributed by atoms with E-state index >= 15 is 0 Å². The van der Waals surface area contributed by atoms with Crippen molar-refractivity contribution >= 4 is 37.6 Å². The van der Waals surface area contributed by atoms with E-state index in [1.165, 1.54) is 24.3 Å². The van der Waals surface area contributed by atoms with Crippen LogP contribution in [0.15, 0.2) is 39.7 Å². The maximum absolute atomic E-state index is 14.0. The molecule has 24 heavy (non-hydrogen) atoms. The summed E-state index contributed by atoms with van der Waals surface area (Å²) in [6.45, 7) is 1.89. The Hall–Kier alpha value is -1.82. The molecule has 2 aromatic carbocycles. The fourth-order valence-corrected chi connectivity index (χ4v) is 3.72. The Morgan fingerprint density at radius 1 is 1.38 bits per heavy atom. The zero-order chi connectivity index (χ0) is 17.9. The van der Waals surface area contributed by atoms with Crippen molar-refractivity contribution in [1.29, 1.82) is 5.26 Å². The molecule has 0 aliphatic heterocycles. The van der Waals surface area contributed by atoms with Crippen molar-refractivity contribution in [3.63, 3.8) is 0 Å². The van der Waals surface area contributed by atoms with Gasteiger partial charge in [0.05, 0.1) is 27.7 Å². The summed E-state index contributed by atoms with van der Waals surface area (Å²) in [4.78, 5) is -0.700. The number of hydrogen-bond acceptors (Lipinski definition) is 5. The normalized spacial score (nSPS) is 11.0. The molecule has 0 aliphatic carbocycles. The van der Waals surface area contributed by atoms with Crippen LogP contribution in [0.1, 0.15) is 12.5 Å². The summed E-state index contributed by atoms with van der Waals surface area (Å²) in [7, 11) is -4.50. The second-order valence-corrected chi connectivity index (χ2v) is 7.20. The highest BCUT2D eigenvalue weighted by atomic mass is 79.9. The molecule has 0 aliphatic rings. The van der Waals surface area contributed by atoms with E-state index in [4.69, 9.17) is 25.8 Å². The van der Waals surface area contributed by atoms with Gasteiger partial charge in [-0.25, -0.2) is 4.39 Å². The standard InChI is InChI=1S/C15H10BrClFNO4S/c1-2-22-12-7-9(8-19)6-10(16)15(12)23-24(20,21)13-5-3-4-11(17)14(13)18/h3-7H,2H2,1H3. The van der Waals surface area contributed by atoms with Crippen molar-refractivity contribution in [2.45, 2.75) is 11.8 Å². The summed E-state index contributed by atoms with van der Waals surface area (Å²) in [5.74, 6) is -1.26. The number of nitrogens with zero attached hydrogens (tertiary/aromatic N) is 1. The fourth-order valence-electron chi connectivity index (χ4n) is 1.81. The van der Waals surface area contributed by atoms with Crippen molar-refractivity contribution in [2.75, 3.05) is 6.61 Å². The Kier molecular flexibility index (Phi) is 5.70. The van der Waals surface area contributed by atoms with E-state index in [0.717, 1.165) is 6.07 Å². The summed E-state index contributed by atoms with van der Waals surface area (Å²) < 4.78 is 49.3. The SMILES string of the molecule is CCOc1cc(C#N)cc(Br)c1OS(=O)(=O)c1cccc(Cl)c1F. The summed E-state index contributed by atoms with van der Waals surface area (Å²) in [5.41, 5.74) is 0.240. The third-order valence-electron chi connectivity index (χ3n) is 2.82. The van der Waals surface area contributed by atoms with Crippen LogP contribution in [0.5, 0.6) is 11.5 Å². The van der Waals surface area contributed by atoms with Crippen LogP contribution in [-0.4, -0.2) is 15.0 Å². The van der Waals surface area contributed by atoms with Gasteiger partial charge in [-0.15, -0.1) is 0 Å². The minimum absolute atomic E-state index is 0.0365. The van der Waals surface area contributed by atoms with Crippen LogP contribution in [0.2, 0.25) is 5.02 Å². The lowest BCUT2D eigenvalue weighted by atomic mass is 10.2. The Labute approximate surface area is 151 Å². The zero-order valence-electron chi connectivity index (χ0n) is 12.2. The first-order valence-electron chi connectivity index (χ1n) is 6.55. The van der Waals surface area contributed by atoms with Gasteiger partial charge in [-0.2, -0.15) is 13.7 Å². The molecule has 0 N–H and O–H groups in total. The summed E-state index contributed by atoms with van der Waals surface area (Å²) in [6.07, 6.45) is 0. The van der Waals surface area contributed by atoms with Crippen LogP contribution in [0.3, 0.4) is 0 Å². The number of ether oxygens (including phenoxy) is 1. The second kappa shape index (κ2) is 7.38. The van der Waals surface area contributed by atoms with Crippen LogP contribution in [0.25, 0.3) is 0 Å². The highest BCUT2D eigenvalue weighted by Gasteiger charge is 2.26. The lowest BCUT2D eigenvalue weighted by Crippen LogP contribution is -2.13. The summed E-state index contributed by atoms with van der Waals surface area (Å²) in [6, 6.07) is 8.15. The van der Waals surface area contributed by atoms with Crippen LogP contribution < -0.4 is 8.92 Å². The maximum atomic E-state index is 14.0. The fraction of sp³-hybridized carbons (Fsp3) is 0.133. The predicted molar refractivity (Wildman–Crippen MR) is 89.2 cm³/mol. The number of hydrogen-bond donors (Lipinski definition) is 0. The van der Waals surface area contributed by atoms with Gasteiger partial charge in [0.2, 0.25) is 0 Å². The second-order valence-electron chi connectivity index (χ2n) is 4.42. The van der Waals surface area contributed by atoms with Gasteiger partial charge in [-0.3, -0.25) is 0 Å².